The molecule has 0 aliphatic carbocycles. The lowest BCUT2D eigenvalue weighted by Gasteiger charge is -2.38. The standard InChI is InChI=1S/C18H25N3O3/c1-13-11-15(5-6-19-13)18(24)21-9-7-20(8-10-21)17(23)14-3-2-4-16(22)12-14/h2-4,12-13,15,19,22H,5-11H2,1H3/t13-,15-/m0/s1. The van der Waals surface area contributed by atoms with Crippen molar-refractivity contribution in [1.29, 1.82) is 0 Å². The van der Waals surface area contributed by atoms with Gasteiger partial charge in [-0.2, -0.15) is 0 Å². The molecule has 6 nitrogen and oxygen atoms in total. The lowest BCUT2D eigenvalue weighted by atomic mass is 9.92. The highest BCUT2D eigenvalue weighted by atomic mass is 16.3. The first-order chi connectivity index (χ1) is 11.5. The van der Waals surface area contributed by atoms with Crippen LogP contribution in [0.1, 0.15) is 30.1 Å². The number of hydrogen-bond donors (Lipinski definition) is 2. The van der Waals surface area contributed by atoms with Crippen molar-refractivity contribution in [3.63, 3.8) is 0 Å². The average Bonchev–Trinajstić information content (AvgIpc) is 2.60. The molecule has 2 heterocycles. The van der Waals surface area contributed by atoms with E-state index in [0.717, 1.165) is 19.4 Å². The molecule has 2 N–H and O–H groups in total. The van der Waals surface area contributed by atoms with E-state index in [1.165, 1.54) is 6.07 Å². The zero-order valence-electron chi connectivity index (χ0n) is 14.1. The summed E-state index contributed by atoms with van der Waals surface area (Å²) in [6.45, 7) is 5.27. The summed E-state index contributed by atoms with van der Waals surface area (Å²) in [7, 11) is 0. The third kappa shape index (κ3) is 3.70. The predicted octanol–water partition coefficient (Wildman–Crippen LogP) is 1.06. The maximum Gasteiger partial charge on any atom is 0.254 e. The Labute approximate surface area is 142 Å². The third-order valence-electron chi connectivity index (χ3n) is 4.94. The van der Waals surface area contributed by atoms with Gasteiger partial charge < -0.3 is 20.2 Å². The summed E-state index contributed by atoms with van der Waals surface area (Å²) in [5.41, 5.74) is 0.488. The molecule has 0 saturated carbocycles. The normalized spacial score (nSPS) is 24.7. The van der Waals surface area contributed by atoms with Crippen molar-refractivity contribution < 1.29 is 14.7 Å². The fraction of sp³-hybridized carbons (Fsp3) is 0.556. The van der Waals surface area contributed by atoms with Crippen LogP contribution in [0.2, 0.25) is 0 Å². The number of nitrogens with one attached hydrogen (secondary N) is 1. The van der Waals surface area contributed by atoms with Gasteiger partial charge in [0.15, 0.2) is 0 Å². The van der Waals surface area contributed by atoms with Crippen LogP contribution in [0.3, 0.4) is 0 Å². The highest BCUT2D eigenvalue weighted by molar-refractivity contribution is 5.94. The van der Waals surface area contributed by atoms with Crippen molar-refractivity contribution in [3.8, 4) is 5.75 Å². The Bertz CT molecular complexity index is 611. The summed E-state index contributed by atoms with van der Waals surface area (Å²) >= 11 is 0. The lowest BCUT2D eigenvalue weighted by molar-refractivity contribution is -0.138. The first-order valence-corrected chi connectivity index (χ1v) is 8.65. The first kappa shape index (κ1) is 16.8. The Morgan fingerprint density at radius 2 is 1.88 bits per heavy atom. The molecule has 2 fully saturated rings. The minimum absolute atomic E-state index is 0.0894. The van der Waals surface area contributed by atoms with Gasteiger partial charge in [-0.3, -0.25) is 9.59 Å². The molecule has 0 aromatic heterocycles. The Morgan fingerprint density at radius 3 is 2.54 bits per heavy atom. The van der Waals surface area contributed by atoms with Crippen LogP contribution in [0.5, 0.6) is 5.75 Å². The van der Waals surface area contributed by atoms with Gasteiger partial charge in [-0.05, 0) is 44.5 Å². The molecular weight excluding hydrogens is 306 g/mol. The Kier molecular flexibility index (Phi) is 5.04. The van der Waals surface area contributed by atoms with Crippen molar-refractivity contribution >= 4 is 11.8 Å². The second-order valence-corrected chi connectivity index (χ2v) is 6.74. The van der Waals surface area contributed by atoms with E-state index in [1.54, 1.807) is 23.1 Å². The summed E-state index contributed by atoms with van der Waals surface area (Å²) in [6.07, 6.45) is 1.78. The van der Waals surface area contributed by atoms with Crippen molar-refractivity contribution in [1.82, 2.24) is 15.1 Å². The van der Waals surface area contributed by atoms with Crippen LogP contribution in [0.4, 0.5) is 0 Å². The third-order valence-corrected chi connectivity index (χ3v) is 4.94. The quantitative estimate of drug-likeness (QED) is 0.850. The van der Waals surface area contributed by atoms with Crippen LogP contribution in [0.15, 0.2) is 24.3 Å². The molecule has 2 amide bonds. The van der Waals surface area contributed by atoms with Gasteiger partial charge in [0.2, 0.25) is 5.91 Å². The Hall–Kier alpha value is -2.08. The van der Waals surface area contributed by atoms with Crippen LogP contribution in [0, 0.1) is 5.92 Å². The van der Waals surface area contributed by atoms with E-state index in [9.17, 15) is 14.7 Å². The average molecular weight is 331 g/mol. The summed E-state index contributed by atoms with van der Waals surface area (Å²) in [6, 6.07) is 6.79. The van der Waals surface area contributed by atoms with Gasteiger partial charge in [0, 0.05) is 43.7 Å². The molecule has 6 heteroatoms. The number of piperidine rings is 1. The molecular formula is C18H25N3O3. The zero-order valence-corrected chi connectivity index (χ0v) is 14.1. The number of benzene rings is 1. The van der Waals surface area contributed by atoms with Crippen LogP contribution < -0.4 is 5.32 Å². The summed E-state index contributed by atoms with van der Waals surface area (Å²) in [4.78, 5) is 28.8. The molecule has 2 aliphatic rings. The molecule has 2 aliphatic heterocycles. The topological polar surface area (TPSA) is 72.9 Å². The van der Waals surface area contributed by atoms with Gasteiger partial charge in [0.25, 0.3) is 5.91 Å². The minimum Gasteiger partial charge on any atom is -0.508 e. The summed E-state index contributed by atoms with van der Waals surface area (Å²) in [5.74, 6) is 0.338. The zero-order chi connectivity index (χ0) is 17.1. The fourth-order valence-electron chi connectivity index (χ4n) is 3.57. The molecule has 0 bridgehead atoms. The number of carbonyl (C=O) groups is 2. The van der Waals surface area contributed by atoms with E-state index in [0.29, 0.717) is 37.8 Å². The smallest absolute Gasteiger partial charge is 0.254 e. The molecule has 2 saturated heterocycles. The molecule has 0 radical (unpaired) electrons. The van der Waals surface area contributed by atoms with Crippen LogP contribution in [-0.2, 0) is 4.79 Å². The van der Waals surface area contributed by atoms with E-state index in [1.807, 2.05) is 4.90 Å². The number of phenolic OH excluding ortho intramolecular Hbond substituents is 1. The highest BCUT2D eigenvalue weighted by Crippen LogP contribution is 2.20. The number of piperazine rings is 1. The van der Waals surface area contributed by atoms with E-state index in [2.05, 4.69) is 12.2 Å². The number of carbonyl (C=O) groups excluding carboxylic acids is 2. The van der Waals surface area contributed by atoms with Crippen LogP contribution in [-0.4, -0.2) is 65.5 Å². The first-order valence-electron chi connectivity index (χ1n) is 8.65. The van der Waals surface area contributed by atoms with Crippen molar-refractivity contribution in [3.05, 3.63) is 29.8 Å². The SMILES string of the molecule is C[C@H]1C[C@@H](C(=O)N2CCN(C(=O)c3cccc(O)c3)CC2)CCN1. The van der Waals surface area contributed by atoms with Crippen LogP contribution in [0.25, 0.3) is 0 Å². The monoisotopic (exact) mass is 331 g/mol. The van der Waals surface area contributed by atoms with Gasteiger partial charge in [0.05, 0.1) is 0 Å². The van der Waals surface area contributed by atoms with Crippen molar-refractivity contribution in [2.75, 3.05) is 32.7 Å². The van der Waals surface area contributed by atoms with Gasteiger partial charge in [-0.1, -0.05) is 6.07 Å². The number of nitrogens with zero attached hydrogens (tertiary/aromatic N) is 2. The van der Waals surface area contributed by atoms with Gasteiger partial charge in [-0.25, -0.2) is 0 Å². The maximum atomic E-state index is 12.7. The molecule has 3 rings (SSSR count). The van der Waals surface area contributed by atoms with E-state index in [4.69, 9.17) is 0 Å². The number of hydrogen-bond acceptors (Lipinski definition) is 4. The number of amides is 2. The molecule has 2 atom stereocenters. The Morgan fingerprint density at radius 1 is 1.17 bits per heavy atom. The lowest BCUT2D eigenvalue weighted by Crippen LogP contribution is -2.53. The fourth-order valence-corrected chi connectivity index (χ4v) is 3.57. The largest absolute Gasteiger partial charge is 0.508 e. The summed E-state index contributed by atoms with van der Waals surface area (Å²) in [5, 5.41) is 12.9. The Balaban J connectivity index is 1.55. The van der Waals surface area contributed by atoms with Gasteiger partial charge >= 0.3 is 0 Å². The van der Waals surface area contributed by atoms with Gasteiger partial charge in [-0.15, -0.1) is 0 Å². The van der Waals surface area contributed by atoms with E-state index < -0.39 is 0 Å². The summed E-state index contributed by atoms with van der Waals surface area (Å²) < 4.78 is 0. The predicted molar refractivity (Wildman–Crippen MR) is 90.8 cm³/mol. The van der Waals surface area contributed by atoms with E-state index >= 15 is 0 Å². The van der Waals surface area contributed by atoms with Gasteiger partial charge in [0.1, 0.15) is 5.75 Å². The van der Waals surface area contributed by atoms with E-state index in [-0.39, 0.29) is 23.5 Å². The minimum atomic E-state index is -0.0894. The van der Waals surface area contributed by atoms with Crippen molar-refractivity contribution in [2.45, 2.75) is 25.8 Å². The molecule has 0 spiro atoms. The van der Waals surface area contributed by atoms with Crippen molar-refractivity contribution in [2.24, 2.45) is 5.92 Å². The second kappa shape index (κ2) is 7.21. The molecule has 0 unspecified atom stereocenters. The molecule has 24 heavy (non-hydrogen) atoms. The molecule has 1 aromatic carbocycles. The number of aromatic hydroxyl groups is 1. The molecule has 1 aromatic rings. The number of rotatable bonds is 2. The second-order valence-electron chi connectivity index (χ2n) is 6.74. The highest BCUT2D eigenvalue weighted by Gasteiger charge is 2.31. The molecule has 130 valence electrons. The van der Waals surface area contributed by atoms with Crippen LogP contribution >= 0.6 is 0 Å². The maximum absolute atomic E-state index is 12.7. The number of phenols is 1.